The van der Waals surface area contributed by atoms with E-state index in [0.29, 0.717) is 12.2 Å². The normalized spacial score (nSPS) is 16.6. The molecule has 0 atom stereocenters. The van der Waals surface area contributed by atoms with Crippen LogP contribution < -0.4 is 5.73 Å². The molecule has 0 unspecified atom stereocenters. The van der Waals surface area contributed by atoms with Crippen LogP contribution in [0.5, 0.6) is 0 Å². The van der Waals surface area contributed by atoms with Gasteiger partial charge >= 0.3 is 0 Å². The topological polar surface area (TPSA) is 80.2 Å². The molecule has 84 valence electrons. The first-order valence-electron chi connectivity index (χ1n) is 5.32. The summed E-state index contributed by atoms with van der Waals surface area (Å²) in [4.78, 5) is 15.5. The van der Waals surface area contributed by atoms with Crippen LogP contribution in [0.2, 0.25) is 0 Å². The Hall–Kier alpha value is -2.30. The van der Waals surface area contributed by atoms with Crippen molar-refractivity contribution in [1.82, 2.24) is 0 Å². The summed E-state index contributed by atoms with van der Waals surface area (Å²) in [6, 6.07) is 7.79. The minimum Gasteiger partial charge on any atom is -0.369 e. The average molecular weight is 226 g/mol. The molecule has 2 aliphatic heterocycles. The summed E-state index contributed by atoms with van der Waals surface area (Å²) in [5, 5.41) is 8.00. The molecule has 2 N–H and O–H groups in total. The number of carbonyl (C=O) groups excluding carboxylic acids is 1. The van der Waals surface area contributed by atoms with Crippen LogP contribution in [0, 0.1) is 0 Å². The summed E-state index contributed by atoms with van der Waals surface area (Å²) in [6.45, 7) is 0.465. The van der Waals surface area contributed by atoms with E-state index in [0.717, 1.165) is 22.5 Å². The van der Waals surface area contributed by atoms with E-state index in [-0.39, 0.29) is 6.42 Å². The fourth-order valence-corrected chi connectivity index (χ4v) is 2.10. The van der Waals surface area contributed by atoms with Gasteiger partial charge in [0, 0.05) is 11.1 Å². The average Bonchev–Trinajstić information content (AvgIpc) is 2.67. The number of amides is 1. The van der Waals surface area contributed by atoms with Gasteiger partial charge in [0.15, 0.2) is 0 Å². The molecule has 0 saturated heterocycles. The third-order valence-corrected chi connectivity index (χ3v) is 2.76. The second-order valence-corrected chi connectivity index (χ2v) is 3.94. The Kier molecular flexibility index (Phi) is 2.11. The third-order valence-electron chi connectivity index (χ3n) is 2.76. The van der Waals surface area contributed by atoms with Crippen LogP contribution in [-0.2, 0) is 4.79 Å². The molecule has 0 aliphatic carbocycles. The second-order valence-electron chi connectivity index (χ2n) is 3.94. The fraction of sp³-hybridized carbons (Fsp3) is 0.167. The molecule has 0 radical (unpaired) electrons. The number of primary amides is 1. The van der Waals surface area contributed by atoms with E-state index in [1.54, 1.807) is 0 Å². The first kappa shape index (κ1) is 9.89. The minimum atomic E-state index is -0.405. The highest BCUT2D eigenvalue weighted by Crippen LogP contribution is 2.39. The number of fused-ring (bicyclic) bond motifs is 3. The number of nitrogens with two attached hydrogens (primary N) is 1. The van der Waals surface area contributed by atoms with Gasteiger partial charge in [-0.15, -0.1) is 0 Å². The molecule has 2 aliphatic rings. The van der Waals surface area contributed by atoms with E-state index in [2.05, 4.69) is 15.2 Å². The summed E-state index contributed by atoms with van der Waals surface area (Å²) >= 11 is 0. The van der Waals surface area contributed by atoms with Crippen LogP contribution in [0.25, 0.3) is 5.57 Å². The van der Waals surface area contributed by atoms with Gasteiger partial charge in [0.25, 0.3) is 0 Å². The van der Waals surface area contributed by atoms with Gasteiger partial charge in [-0.1, -0.05) is 18.2 Å². The zero-order chi connectivity index (χ0) is 11.8. The lowest BCUT2D eigenvalue weighted by atomic mass is 9.98. The van der Waals surface area contributed by atoms with E-state index in [1.165, 1.54) is 0 Å². The van der Waals surface area contributed by atoms with Crippen molar-refractivity contribution in [2.45, 2.75) is 6.42 Å². The molecule has 2 heterocycles. The van der Waals surface area contributed by atoms with Gasteiger partial charge in [-0.05, 0) is 6.07 Å². The SMILES string of the molecule is NC(=O)CC1=C2C(=Nc3ccccc32)CN=N1. The Morgan fingerprint density at radius 1 is 1.35 bits per heavy atom. The highest BCUT2D eigenvalue weighted by atomic mass is 16.1. The summed E-state index contributed by atoms with van der Waals surface area (Å²) in [5.41, 5.74) is 9.55. The van der Waals surface area contributed by atoms with Crippen molar-refractivity contribution in [3.8, 4) is 0 Å². The third kappa shape index (κ3) is 1.56. The Morgan fingerprint density at radius 2 is 2.18 bits per heavy atom. The molecule has 0 spiro atoms. The number of aliphatic imine (C=N–C) groups is 1. The number of hydrogen-bond acceptors (Lipinski definition) is 4. The summed E-state index contributed by atoms with van der Waals surface area (Å²) in [5.74, 6) is -0.405. The molecule has 0 fully saturated rings. The van der Waals surface area contributed by atoms with Crippen LogP contribution >= 0.6 is 0 Å². The summed E-state index contributed by atoms with van der Waals surface area (Å²) in [6.07, 6.45) is 0.103. The number of nitrogens with zero attached hydrogens (tertiary/aromatic N) is 3. The predicted molar refractivity (Wildman–Crippen MR) is 64.0 cm³/mol. The number of azo groups is 1. The van der Waals surface area contributed by atoms with E-state index in [1.807, 2.05) is 24.3 Å². The Morgan fingerprint density at radius 3 is 3.00 bits per heavy atom. The molecule has 1 aromatic carbocycles. The molecule has 1 amide bonds. The van der Waals surface area contributed by atoms with Gasteiger partial charge in [-0.2, -0.15) is 10.2 Å². The van der Waals surface area contributed by atoms with Crippen molar-refractivity contribution in [1.29, 1.82) is 0 Å². The molecule has 1 aromatic rings. The minimum absolute atomic E-state index is 0.103. The van der Waals surface area contributed by atoms with E-state index < -0.39 is 5.91 Å². The predicted octanol–water partition coefficient (Wildman–Crippen LogP) is 1.82. The zero-order valence-electron chi connectivity index (χ0n) is 9.05. The number of benzene rings is 1. The van der Waals surface area contributed by atoms with Gasteiger partial charge in [-0.25, -0.2) is 0 Å². The van der Waals surface area contributed by atoms with Crippen LogP contribution in [0.3, 0.4) is 0 Å². The number of para-hydroxylation sites is 1. The zero-order valence-corrected chi connectivity index (χ0v) is 9.05. The van der Waals surface area contributed by atoms with Crippen molar-refractivity contribution in [2.24, 2.45) is 21.0 Å². The van der Waals surface area contributed by atoms with Gasteiger partial charge < -0.3 is 5.73 Å². The quantitative estimate of drug-likeness (QED) is 0.820. The van der Waals surface area contributed by atoms with Crippen molar-refractivity contribution in [3.05, 3.63) is 35.5 Å². The van der Waals surface area contributed by atoms with Crippen molar-refractivity contribution in [3.63, 3.8) is 0 Å². The molecular formula is C12H10N4O. The van der Waals surface area contributed by atoms with E-state index in [9.17, 15) is 4.79 Å². The number of carbonyl (C=O) groups is 1. The van der Waals surface area contributed by atoms with Crippen LogP contribution in [0.15, 0.2) is 45.2 Å². The van der Waals surface area contributed by atoms with Crippen molar-refractivity contribution >= 4 is 22.9 Å². The first-order chi connectivity index (χ1) is 8.25. The molecule has 0 saturated carbocycles. The summed E-state index contributed by atoms with van der Waals surface area (Å²) < 4.78 is 0. The Labute approximate surface area is 97.8 Å². The monoisotopic (exact) mass is 226 g/mol. The lowest BCUT2D eigenvalue weighted by Crippen LogP contribution is -2.15. The van der Waals surface area contributed by atoms with Crippen molar-refractivity contribution in [2.75, 3.05) is 6.54 Å². The molecule has 5 heteroatoms. The standard InChI is InChI=1S/C12H10N4O/c13-11(17)5-9-12-7-3-1-2-4-8(7)15-10(12)6-14-16-9/h1-4H,5-6H2,(H2,13,17). The van der Waals surface area contributed by atoms with Gasteiger partial charge in [0.2, 0.25) is 5.91 Å². The van der Waals surface area contributed by atoms with E-state index >= 15 is 0 Å². The number of hydrogen-bond donors (Lipinski definition) is 1. The first-order valence-corrected chi connectivity index (χ1v) is 5.32. The summed E-state index contributed by atoms with van der Waals surface area (Å²) in [7, 11) is 0. The fourth-order valence-electron chi connectivity index (χ4n) is 2.10. The smallest absolute Gasteiger partial charge is 0.223 e. The highest BCUT2D eigenvalue weighted by Gasteiger charge is 2.26. The van der Waals surface area contributed by atoms with Crippen LogP contribution in [0.1, 0.15) is 12.0 Å². The molecule has 0 bridgehead atoms. The van der Waals surface area contributed by atoms with Gasteiger partial charge in [0.1, 0.15) is 6.54 Å². The van der Waals surface area contributed by atoms with Crippen LogP contribution in [0.4, 0.5) is 5.69 Å². The second kappa shape index (κ2) is 3.62. The lowest BCUT2D eigenvalue weighted by molar-refractivity contribution is -0.117. The van der Waals surface area contributed by atoms with Gasteiger partial charge in [-0.3, -0.25) is 9.79 Å². The largest absolute Gasteiger partial charge is 0.369 e. The molecule has 5 nitrogen and oxygen atoms in total. The Balaban J connectivity index is 2.17. The molecule has 0 aromatic heterocycles. The molecular weight excluding hydrogens is 216 g/mol. The van der Waals surface area contributed by atoms with Crippen molar-refractivity contribution < 1.29 is 4.79 Å². The molecule has 3 rings (SSSR count). The number of rotatable bonds is 2. The maximum Gasteiger partial charge on any atom is 0.223 e. The van der Waals surface area contributed by atoms with Gasteiger partial charge in [0.05, 0.1) is 23.5 Å². The van der Waals surface area contributed by atoms with E-state index in [4.69, 9.17) is 5.73 Å². The lowest BCUT2D eigenvalue weighted by Gasteiger charge is -2.11. The molecule has 17 heavy (non-hydrogen) atoms. The van der Waals surface area contributed by atoms with Crippen LogP contribution in [-0.4, -0.2) is 18.2 Å². The maximum atomic E-state index is 11.0. The maximum absolute atomic E-state index is 11.0. The Bertz CT molecular complexity index is 598. The highest BCUT2D eigenvalue weighted by molar-refractivity contribution is 6.31.